The standard InChI is InChI=1S/C13H18N4OS/c1-3-9-8-17(5-6-18-9)11-10-4-7-19-12(10)16-13(14-2)15-11/h4,7,9H,3,5-6,8H2,1-2H3,(H,14,15,16). The zero-order valence-electron chi connectivity index (χ0n) is 11.2. The lowest BCUT2D eigenvalue weighted by atomic mass is 10.2. The maximum absolute atomic E-state index is 5.73. The lowest BCUT2D eigenvalue weighted by Crippen LogP contribution is -2.42. The number of ether oxygens (including phenoxy) is 1. The number of morpholine rings is 1. The highest BCUT2D eigenvalue weighted by Crippen LogP contribution is 2.30. The van der Waals surface area contributed by atoms with Crippen LogP contribution in [0, 0.1) is 0 Å². The van der Waals surface area contributed by atoms with Crippen LogP contribution in [0.25, 0.3) is 10.2 Å². The van der Waals surface area contributed by atoms with Crippen molar-refractivity contribution in [3.63, 3.8) is 0 Å². The molecule has 2 aromatic heterocycles. The summed E-state index contributed by atoms with van der Waals surface area (Å²) in [5.74, 6) is 1.71. The van der Waals surface area contributed by atoms with Crippen LogP contribution in [0.15, 0.2) is 11.4 Å². The van der Waals surface area contributed by atoms with Gasteiger partial charge in [0.05, 0.1) is 18.1 Å². The van der Waals surface area contributed by atoms with Crippen LogP contribution in [0.4, 0.5) is 11.8 Å². The van der Waals surface area contributed by atoms with E-state index < -0.39 is 0 Å². The molecule has 0 radical (unpaired) electrons. The quantitative estimate of drug-likeness (QED) is 0.934. The van der Waals surface area contributed by atoms with Crippen LogP contribution in [0.1, 0.15) is 13.3 Å². The molecule has 1 fully saturated rings. The second-order valence-electron chi connectivity index (χ2n) is 4.61. The number of hydrogen-bond acceptors (Lipinski definition) is 6. The molecule has 1 atom stereocenters. The van der Waals surface area contributed by atoms with Crippen molar-refractivity contribution < 1.29 is 4.74 Å². The summed E-state index contributed by atoms with van der Waals surface area (Å²) in [4.78, 5) is 12.5. The van der Waals surface area contributed by atoms with Gasteiger partial charge in [-0.05, 0) is 17.9 Å². The Hall–Kier alpha value is -1.40. The first-order valence-corrected chi connectivity index (χ1v) is 7.49. The number of fused-ring (bicyclic) bond motifs is 1. The van der Waals surface area contributed by atoms with Crippen LogP contribution in [0.5, 0.6) is 0 Å². The Kier molecular flexibility index (Phi) is 3.52. The number of nitrogens with zero attached hydrogens (tertiary/aromatic N) is 3. The van der Waals surface area contributed by atoms with E-state index in [1.165, 1.54) is 0 Å². The molecular weight excluding hydrogens is 260 g/mol. The molecule has 0 bridgehead atoms. The van der Waals surface area contributed by atoms with Crippen molar-refractivity contribution in [3.8, 4) is 0 Å². The maximum atomic E-state index is 5.73. The van der Waals surface area contributed by atoms with Gasteiger partial charge in [-0.1, -0.05) is 6.92 Å². The minimum absolute atomic E-state index is 0.301. The van der Waals surface area contributed by atoms with Gasteiger partial charge in [0, 0.05) is 20.1 Å². The van der Waals surface area contributed by atoms with E-state index >= 15 is 0 Å². The summed E-state index contributed by atoms with van der Waals surface area (Å²) in [5, 5.41) is 6.25. The van der Waals surface area contributed by atoms with Gasteiger partial charge in [-0.25, -0.2) is 4.98 Å². The van der Waals surface area contributed by atoms with Gasteiger partial charge < -0.3 is 15.0 Å². The third kappa shape index (κ3) is 2.37. The van der Waals surface area contributed by atoms with E-state index in [1.807, 2.05) is 7.05 Å². The van der Waals surface area contributed by atoms with E-state index in [1.54, 1.807) is 11.3 Å². The normalized spacial score (nSPS) is 19.9. The minimum atomic E-state index is 0.301. The van der Waals surface area contributed by atoms with Crippen LogP contribution >= 0.6 is 11.3 Å². The first-order valence-electron chi connectivity index (χ1n) is 6.61. The van der Waals surface area contributed by atoms with E-state index in [2.05, 4.69) is 38.6 Å². The summed E-state index contributed by atoms with van der Waals surface area (Å²) in [6, 6.07) is 2.10. The Morgan fingerprint density at radius 3 is 3.21 bits per heavy atom. The molecule has 19 heavy (non-hydrogen) atoms. The lowest BCUT2D eigenvalue weighted by molar-refractivity contribution is 0.0383. The largest absolute Gasteiger partial charge is 0.375 e. The van der Waals surface area contributed by atoms with E-state index in [0.29, 0.717) is 12.1 Å². The molecule has 3 heterocycles. The molecule has 3 rings (SSSR count). The Morgan fingerprint density at radius 2 is 2.42 bits per heavy atom. The predicted molar refractivity (Wildman–Crippen MR) is 79.2 cm³/mol. The Balaban J connectivity index is 2.00. The van der Waals surface area contributed by atoms with Gasteiger partial charge in [0.25, 0.3) is 0 Å². The highest BCUT2D eigenvalue weighted by Gasteiger charge is 2.22. The molecule has 0 aromatic carbocycles. The highest BCUT2D eigenvalue weighted by atomic mass is 32.1. The van der Waals surface area contributed by atoms with Gasteiger partial charge >= 0.3 is 0 Å². The summed E-state index contributed by atoms with van der Waals surface area (Å²) >= 11 is 1.65. The molecule has 2 aromatic rings. The van der Waals surface area contributed by atoms with Gasteiger partial charge in [-0.15, -0.1) is 11.3 Å². The van der Waals surface area contributed by atoms with Gasteiger partial charge in [0.15, 0.2) is 0 Å². The van der Waals surface area contributed by atoms with E-state index in [4.69, 9.17) is 4.74 Å². The number of rotatable bonds is 3. The van der Waals surface area contributed by atoms with Crippen molar-refractivity contribution in [2.45, 2.75) is 19.4 Å². The summed E-state index contributed by atoms with van der Waals surface area (Å²) < 4.78 is 5.73. The van der Waals surface area contributed by atoms with Crippen LogP contribution in [-0.2, 0) is 4.74 Å². The fraction of sp³-hybridized carbons (Fsp3) is 0.538. The number of thiophene rings is 1. The zero-order valence-corrected chi connectivity index (χ0v) is 12.0. The molecule has 0 saturated carbocycles. The SMILES string of the molecule is CCC1CN(c2nc(NC)nc3sccc23)CCO1. The molecule has 0 aliphatic carbocycles. The number of hydrogen-bond donors (Lipinski definition) is 1. The third-order valence-corrected chi connectivity index (χ3v) is 4.23. The zero-order chi connectivity index (χ0) is 13.2. The van der Waals surface area contributed by atoms with Gasteiger partial charge in [0.2, 0.25) is 5.95 Å². The molecule has 1 saturated heterocycles. The van der Waals surface area contributed by atoms with Crippen molar-refractivity contribution in [2.75, 3.05) is 37.0 Å². The fourth-order valence-corrected chi connectivity index (χ4v) is 3.11. The van der Waals surface area contributed by atoms with Crippen molar-refractivity contribution >= 4 is 33.3 Å². The Morgan fingerprint density at radius 1 is 1.53 bits per heavy atom. The molecule has 0 amide bonds. The minimum Gasteiger partial charge on any atom is -0.375 e. The molecule has 0 spiro atoms. The molecule has 1 aliphatic rings. The van der Waals surface area contributed by atoms with E-state index in [9.17, 15) is 0 Å². The number of anilines is 2. The molecule has 5 nitrogen and oxygen atoms in total. The molecule has 1 unspecified atom stereocenters. The molecule has 1 aliphatic heterocycles. The fourth-order valence-electron chi connectivity index (χ4n) is 2.35. The van der Waals surface area contributed by atoms with E-state index in [-0.39, 0.29) is 0 Å². The molecular formula is C13H18N4OS. The van der Waals surface area contributed by atoms with Gasteiger partial charge in [-0.3, -0.25) is 0 Å². The average Bonchev–Trinajstić information content (AvgIpc) is 2.94. The third-order valence-electron chi connectivity index (χ3n) is 3.42. The second kappa shape index (κ2) is 5.30. The van der Waals surface area contributed by atoms with Crippen LogP contribution in [0.2, 0.25) is 0 Å². The van der Waals surface area contributed by atoms with Crippen LogP contribution in [0.3, 0.4) is 0 Å². The topological polar surface area (TPSA) is 50.3 Å². The van der Waals surface area contributed by atoms with Crippen molar-refractivity contribution in [1.82, 2.24) is 9.97 Å². The molecule has 102 valence electrons. The first kappa shape index (κ1) is 12.6. The van der Waals surface area contributed by atoms with Crippen LogP contribution < -0.4 is 10.2 Å². The summed E-state index contributed by atoms with van der Waals surface area (Å²) in [6.07, 6.45) is 1.34. The van der Waals surface area contributed by atoms with Crippen molar-refractivity contribution in [1.29, 1.82) is 0 Å². The first-order chi connectivity index (χ1) is 9.31. The summed E-state index contributed by atoms with van der Waals surface area (Å²) in [6.45, 7) is 4.72. The molecule has 1 N–H and O–H groups in total. The van der Waals surface area contributed by atoms with Gasteiger partial charge in [0.1, 0.15) is 10.6 Å². The maximum Gasteiger partial charge on any atom is 0.225 e. The molecule has 6 heteroatoms. The van der Waals surface area contributed by atoms with Gasteiger partial charge in [-0.2, -0.15) is 4.98 Å². The Labute approximate surface area is 116 Å². The predicted octanol–water partition coefficient (Wildman–Crippen LogP) is 2.35. The summed E-state index contributed by atoms with van der Waals surface area (Å²) in [5.41, 5.74) is 0. The van der Waals surface area contributed by atoms with E-state index in [0.717, 1.165) is 42.2 Å². The monoisotopic (exact) mass is 278 g/mol. The van der Waals surface area contributed by atoms with Crippen LogP contribution in [-0.4, -0.2) is 42.8 Å². The van der Waals surface area contributed by atoms with Crippen molar-refractivity contribution in [3.05, 3.63) is 11.4 Å². The number of aromatic nitrogens is 2. The highest BCUT2D eigenvalue weighted by molar-refractivity contribution is 7.16. The smallest absolute Gasteiger partial charge is 0.225 e. The number of nitrogens with one attached hydrogen (secondary N) is 1. The lowest BCUT2D eigenvalue weighted by Gasteiger charge is -2.33. The summed E-state index contributed by atoms with van der Waals surface area (Å²) in [7, 11) is 1.85. The van der Waals surface area contributed by atoms with Crippen molar-refractivity contribution in [2.24, 2.45) is 0 Å². The Bertz CT molecular complexity index is 571. The average molecular weight is 278 g/mol. The second-order valence-corrected chi connectivity index (χ2v) is 5.50.